The fourth-order valence-electron chi connectivity index (χ4n) is 2.24. The van der Waals surface area contributed by atoms with Gasteiger partial charge in [-0.25, -0.2) is 4.79 Å². The molecule has 114 valence electrons. The Morgan fingerprint density at radius 1 is 0.909 bits per heavy atom. The molecular formula is C16H13Cl3O2Si. The number of carboxylic acid groups (broad SMARTS) is 1. The van der Waals surface area contributed by atoms with E-state index in [1.807, 2.05) is 54.6 Å². The highest BCUT2D eigenvalue weighted by molar-refractivity contribution is 7.64. The van der Waals surface area contributed by atoms with Crippen molar-refractivity contribution in [2.75, 3.05) is 0 Å². The van der Waals surface area contributed by atoms with Gasteiger partial charge in [-0.15, -0.1) is 33.2 Å². The lowest BCUT2D eigenvalue weighted by Crippen LogP contribution is -1.99. The van der Waals surface area contributed by atoms with Crippen molar-refractivity contribution in [3.05, 3.63) is 60.2 Å². The molecular weight excluding hydrogens is 359 g/mol. The summed E-state index contributed by atoms with van der Waals surface area (Å²) >= 11 is 15.6. The Morgan fingerprint density at radius 3 is 1.64 bits per heavy atom. The average Bonchev–Trinajstić information content (AvgIpc) is 2.42. The summed E-state index contributed by atoms with van der Waals surface area (Å²) in [6.45, 7) is 1.62. The average molecular weight is 372 g/mol. The fourth-order valence-corrected chi connectivity index (χ4v) is 2.24. The third-order valence-corrected chi connectivity index (χ3v) is 2.99. The van der Waals surface area contributed by atoms with Crippen molar-refractivity contribution in [1.82, 2.24) is 0 Å². The van der Waals surface area contributed by atoms with Crippen LogP contribution in [-0.2, 0) is 0 Å². The largest absolute Gasteiger partial charge is 0.478 e. The second-order valence-corrected chi connectivity index (χ2v) is 14.9. The van der Waals surface area contributed by atoms with Crippen LogP contribution >= 0.6 is 33.2 Å². The zero-order valence-electron chi connectivity index (χ0n) is 11.7. The molecule has 3 aromatic rings. The number of hydrogen-bond acceptors (Lipinski definition) is 1. The highest BCUT2D eigenvalue weighted by Gasteiger charge is 2.14. The summed E-state index contributed by atoms with van der Waals surface area (Å²) in [7, 11) is 0. The van der Waals surface area contributed by atoms with Gasteiger partial charge < -0.3 is 5.11 Å². The van der Waals surface area contributed by atoms with Gasteiger partial charge in [0.1, 0.15) is 0 Å². The van der Waals surface area contributed by atoms with Crippen LogP contribution in [0.2, 0.25) is 6.55 Å². The Morgan fingerprint density at radius 2 is 1.27 bits per heavy atom. The predicted octanol–water partition coefficient (Wildman–Crippen LogP) is 5.96. The first-order chi connectivity index (χ1) is 10.3. The van der Waals surface area contributed by atoms with Gasteiger partial charge in [-0.05, 0) is 34.2 Å². The molecule has 0 unspecified atom stereocenters. The van der Waals surface area contributed by atoms with Crippen LogP contribution in [0, 0.1) is 0 Å². The molecule has 3 rings (SSSR count). The Hall–Kier alpha value is -1.26. The first-order valence-electron chi connectivity index (χ1n) is 6.48. The lowest BCUT2D eigenvalue weighted by atomic mass is 9.97. The second-order valence-electron chi connectivity index (χ2n) is 4.78. The van der Waals surface area contributed by atoms with Crippen LogP contribution in [0.5, 0.6) is 0 Å². The van der Waals surface area contributed by atoms with Gasteiger partial charge in [0.25, 0.3) is 0 Å². The molecule has 6 heteroatoms. The van der Waals surface area contributed by atoms with E-state index in [1.165, 1.54) is 0 Å². The molecule has 1 N–H and O–H groups in total. The smallest absolute Gasteiger partial charge is 0.338 e. The number of carboxylic acids is 1. The Balaban J connectivity index is 0.000000309. The number of halogens is 3. The first kappa shape index (κ1) is 17.1. The van der Waals surface area contributed by atoms with Gasteiger partial charge in [0, 0.05) is 0 Å². The zero-order valence-corrected chi connectivity index (χ0v) is 15.0. The summed E-state index contributed by atoms with van der Waals surface area (Å²) in [6.07, 6.45) is 0. The lowest BCUT2D eigenvalue weighted by molar-refractivity contribution is 0.0701. The highest BCUT2D eigenvalue weighted by atomic mass is 35.8. The van der Waals surface area contributed by atoms with Gasteiger partial charge in [-0.3, -0.25) is 0 Å². The maximum atomic E-state index is 11.4. The molecule has 0 aliphatic rings. The maximum Gasteiger partial charge on any atom is 0.338 e. The molecule has 0 amide bonds. The van der Waals surface area contributed by atoms with Crippen LogP contribution in [-0.4, -0.2) is 17.1 Å². The molecule has 22 heavy (non-hydrogen) atoms. The Labute approximate surface area is 143 Å². The van der Waals surface area contributed by atoms with Gasteiger partial charge in [0.2, 0.25) is 0 Å². The minimum atomic E-state index is -2.19. The molecule has 0 heterocycles. The van der Waals surface area contributed by atoms with Gasteiger partial charge in [0.15, 0.2) is 0 Å². The third kappa shape index (κ3) is 4.37. The molecule has 0 aromatic heterocycles. The SMILES string of the molecule is C[Si](Cl)(Cl)Cl.O=C(O)c1c2ccccc2cc2ccccc12. The first-order valence-corrected chi connectivity index (χ1v) is 12.0. The van der Waals surface area contributed by atoms with Crippen LogP contribution < -0.4 is 0 Å². The molecule has 0 bridgehead atoms. The minimum Gasteiger partial charge on any atom is -0.478 e. The van der Waals surface area contributed by atoms with E-state index in [0.717, 1.165) is 21.5 Å². The Bertz CT molecular complexity index is 768. The van der Waals surface area contributed by atoms with Gasteiger partial charge in [-0.1, -0.05) is 48.5 Å². The molecule has 0 spiro atoms. The number of fused-ring (bicyclic) bond motifs is 2. The van der Waals surface area contributed by atoms with E-state index in [9.17, 15) is 9.90 Å². The summed E-state index contributed by atoms with van der Waals surface area (Å²) in [4.78, 5) is 11.4. The summed E-state index contributed by atoms with van der Waals surface area (Å²) in [6, 6.07) is 15.0. The van der Waals surface area contributed by atoms with Gasteiger partial charge in [-0.2, -0.15) is 0 Å². The Kier molecular flexibility index (Phi) is 5.35. The molecule has 0 atom stereocenters. The number of benzene rings is 3. The van der Waals surface area contributed by atoms with E-state index in [2.05, 4.69) is 0 Å². The normalized spacial score (nSPS) is 11.1. The van der Waals surface area contributed by atoms with E-state index in [0.29, 0.717) is 5.56 Å². The van der Waals surface area contributed by atoms with Crippen LogP contribution in [0.3, 0.4) is 0 Å². The van der Waals surface area contributed by atoms with Crippen molar-refractivity contribution in [3.8, 4) is 0 Å². The van der Waals surface area contributed by atoms with Crippen LogP contribution in [0.25, 0.3) is 21.5 Å². The standard InChI is InChI=1S/C15H10O2.CH3Cl3Si/c16-15(17)14-12-7-3-1-5-10(12)9-11-6-2-4-8-13(11)14;1-5(2,3)4/h1-9H,(H,16,17);1H3. The molecule has 0 radical (unpaired) electrons. The van der Waals surface area contributed by atoms with Crippen molar-refractivity contribution in [2.24, 2.45) is 0 Å². The number of aromatic carboxylic acids is 1. The van der Waals surface area contributed by atoms with Crippen molar-refractivity contribution >= 4 is 66.8 Å². The zero-order chi connectivity index (χ0) is 16.3. The summed E-state index contributed by atoms with van der Waals surface area (Å²) in [5.74, 6) is -0.877. The highest BCUT2D eigenvalue weighted by Crippen LogP contribution is 2.28. The third-order valence-electron chi connectivity index (χ3n) is 2.99. The van der Waals surface area contributed by atoms with E-state index < -0.39 is 12.0 Å². The minimum absolute atomic E-state index is 0.388. The van der Waals surface area contributed by atoms with Crippen molar-refractivity contribution in [3.63, 3.8) is 0 Å². The van der Waals surface area contributed by atoms with Crippen molar-refractivity contribution in [1.29, 1.82) is 0 Å². The number of hydrogen-bond donors (Lipinski definition) is 1. The van der Waals surface area contributed by atoms with Crippen molar-refractivity contribution in [2.45, 2.75) is 6.55 Å². The molecule has 3 aromatic carbocycles. The molecule has 0 saturated carbocycles. The fraction of sp³-hybridized carbons (Fsp3) is 0.0625. The quantitative estimate of drug-likeness (QED) is 0.325. The molecule has 0 aliphatic heterocycles. The van der Waals surface area contributed by atoms with E-state index in [1.54, 1.807) is 6.55 Å². The molecule has 0 saturated heterocycles. The summed E-state index contributed by atoms with van der Waals surface area (Å²) in [5, 5.41) is 12.9. The lowest BCUT2D eigenvalue weighted by Gasteiger charge is -2.07. The maximum absolute atomic E-state index is 11.4. The van der Waals surface area contributed by atoms with Crippen LogP contribution in [0.4, 0.5) is 0 Å². The topological polar surface area (TPSA) is 37.3 Å². The van der Waals surface area contributed by atoms with Crippen molar-refractivity contribution < 1.29 is 9.90 Å². The van der Waals surface area contributed by atoms with Crippen LogP contribution in [0.15, 0.2) is 54.6 Å². The molecule has 2 nitrogen and oxygen atoms in total. The number of rotatable bonds is 1. The molecule has 0 fully saturated rings. The van der Waals surface area contributed by atoms with E-state index in [4.69, 9.17) is 33.2 Å². The number of carbonyl (C=O) groups is 1. The van der Waals surface area contributed by atoms with Gasteiger partial charge >= 0.3 is 12.0 Å². The van der Waals surface area contributed by atoms with E-state index >= 15 is 0 Å². The predicted molar refractivity (Wildman–Crippen MR) is 97.6 cm³/mol. The second kappa shape index (κ2) is 6.88. The summed E-state index contributed by atoms with van der Waals surface area (Å²) in [5.41, 5.74) is 0.388. The molecule has 0 aliphatic carbocycles. The summed E-state index contributed by atoms with van der Waals surface area (Å²) < 4.78 is 0. The van der Waals surface area contributed by atoms with Crippen LogP contribution in [0.1, 0.15) is 10.4 Å². The van der Waals surface area contributed by atoms with E-state index in [-0.39, 0.29) is 0 Å². The van der Waals surface area contributed by atoms with Gasteiger partial charge in [0.05, 0.1) is 5.56 Å². The monoisotopic (exact) mass is 370 g/mol.